The average Bonchev–Trinajstić information content (AvgIpc) is 2.48. The van der Waals surface area contributed by atoms with Crippen molar-refractivity contribution in [3.8, 4) is 0 Å². The van der Waals surface area contributed by atoms with E-state index in [0.717, 1.165) is 18.4 Å². The van der Waals surface area contributed by atoms with Crippen LogP contribution in [0.1, 0.15) is 41.7 Å². The zero-order valence-corrected chi connectivity index (χ0v) is 11.3. The first-order chi connectivity index (χ1) is 9.70. The molecule has 2 rings (SSSR count). The van der Waals surface area contributed by atoms with Crippen molar-refractivity contribution in [1.29, 1.82) is 0 Å². The van der Waals surface area contributed by atoms with Crippen molar-refractivity contribution >= 4 is 5.91 Å². The molecule has 0 spiro atoms. The van der Waals surface area contributed by atoms with Gasteiger partial charge in [-0.25, -0.2) is 4.79 Å². The molecule has 1 unspecified atom stereocenters. The largest absolute Gasteiger partial charge is 0.430 e. The summed E-state index contributed by atoms with van der Waals surface area (Å²) in [5.74, 6) is -0.240. The molecule has 0 aliphatic rings. The highest BCUT2D eigenvalue weighted by atomic mass is 16.4. The van der Waals surface area contributed by atoms with Crippen molar-refractivity contribution in [2.75, 3.05) is 0 Å². The van der Waals surface area contributed by atoms with Crippen LogP contribution >= 0.6 is 0 Å². The van der Waals surface area contributed by atoms with Crippen LogP contribution in [0.25, 0.3) is 0 Å². The summed E-state index contributed by atoms with van der Waals surface area (Å²) in [6, 6.07) is 12.5. The molecule has 104 valence electrons. The highest BCUT2D eigenvalue weighted by Gasteiger charge is 2.15. The lowest BCUT2D eigenvalue weighted by Gasteiger charge is -2.18. The predicted molar refractivity (Wildman–Crippen MR) is 76.5 cm³/mol. The summed E-state index contributed by atoms with van der Waals surface area (Å²) in [5, 5.41) is 2.97. The molecule has 1 heterocycles. The predicted octanol–water partition coefficient (Wildman–Crippen LogP) is 2.91. The second-order valence-electron chi connectivity index (χ2n) is 4.57. The van der Waals surface area contributed by atoms with Crippen LogP contribution in [-0.4, -0.2) is 5.91 Å². The van der Waals surface area contributed by atoms with Gasteiger partial charge >= 0.3 is 5.63 Å². The lowest BCUT2D eigenvalue weighted by molar-refractivity contribution is 0.0932. The summed E-state index contributed by atoms with van der Waals surface area (Å²) in [6.45, 7) is 2.07. The molecule has 0 aliphatic carbocycles. The van der Waals surface area contributed by atoms with Gasteiger partial charge in [0.1, 0.15) is 6.26 Å². The minimum Gasteiger partial charge on any atom is -0.430 e. The van der Waals surface area contributed by atoms with E-state index < -0.39 is 5.63 Å². The van der Waals surface area contributed by atoms with Crippen molar-refractivity contribution in [2.24, 2.45) is 0 Å². The highest BCUT2D eigenvalue weighted by molar-refractivity contribution is 5.93. The Morgan fingerprint density at radius 2 is 1.95 bits per heavy atom. The molecule has 0 aliphatic heterocycles. The van der Waals surface area contributed by atoms with Gasteiger partial charge in [0, 0.05) is 6.07 Å². The number of amides is 1. The normalized spacial score (nSPS) is 11.8. The Bertz CT molecular complexity index is 599. The Kier molecular flexibility index (Phi) is 4.71. The highest BCUT2D eigenvalue weighted by Crippen LogP contribution is 2.18. The number of nitrogens with one attached hydrogen (secondary N) is 1. The maximum Gasteiger partial charge on any atom is 0.335 e. The van der Waals surface area contributed by atoms with Crippen LogP contribution in [0.15, 0.2) is 57.9 Å². The second-order valence-corrected chi connectivity index (χ2v) is 4.57. The molecule has 0 fully saturated rings. The third kappa shape index (κ3) is 3.57. The first-order valence-corrected chi connectivity index (χ1v) is 6.65. The van der Waals surface area contributed by atoms with Crippen molar-refractivity contribution in [1.82, 2.24) is 5.32 Å². The Labute approximate surface area is 117 Å². The van der Waals surface area contributed by atoms with Crippen LogP contribution in [0.3, 0.4) is 0 Å². The van der Waals surface area contributed by atoms with Gasteiger partial charge < -0.3 is 9.73 Å². The zero-order valence-electron chi connectivity index (χ0n) is 11.3. The SMILES string of the molecule is CCCC(NC(=O)c1ccc(=O)oc1)c1ccccc1. The second kappa shape index (κ2) is 6.70. The Morgan fingerprint density at radius 3 is 2.55 bits per heavy atom. The number of carbonyl (C=O) groups excluding carboxylic acids is 1. The standard InChI is InChI=1S/C16H17NO3/c1-2-6-14(12-7-4-3-5-8-12)17-16(19)13-9-10-15(18)20-11-13/h3-5,7-11,14H,2,6H2,1H3,(H,17,19). The van der Waals surface area contributed by atoms with Crippen LogP contribution in [0.4, 0.5) is 0 Å². The van der Waals surface area contributed by atoms with E-state index in [-0.39, 0.29) is 11.9 Å². The number of rotatable bonds is 5. The van der Waals surface area contributed by atoms with Gasteiger partial charge in [-0.1, -0.05) is 43.7 Å². The van der Waals surface area contributed by atoms with Gasteiger partial charge in [-0.05, 0) is 18.1 Å². The van der Waals surface area contributed by atoms with Crippen molar-refractivity contribution < 1.29 is 9.21 Å². The first-order valence-electron chi connectivity index (χ1n) is 6.65. The first kappa shape index (κ1) is 14.1. The van der Waals surface area contributed by atoms with E-state index in [1.807, 2.05) is 30.3 Å². The fraction of sp³-hybridized carbons (Fsp3) is 0.250. The Hall–Kier alpha value is -2.36. The minimum atomic E-state index is -0.463. The lowest BCUT2D eigenvalue weighted by atomic mass is 10.0. The number of hydrogen-bond donors (Lipinski definition) is 1. The van der Waals surface area contributed by atoms with Gasteiger partial charge in [0.05, 0.1) is 11.6 Å². The maximum absolute atomic E-state index is 12.1. The molecule has 1 amide bonds. The van der Waals surface area contributed by atoms with E-state index in [1.165, 1.54) is 18.4 Å². The summed E-state index contributed by atoms with van der Waals surface area (Å²) >= 11 is 0. The molecular weight excluding hydrogens is 254 g/mol. The molecule has 4 heteroatoms. The van der Waals surface area contributed by atoms with E-state index in [4.69, 9.17) is 4.42 Å². The summed E-state index contributed by atoms with van der Waals surface area (Å²) in [4.78, 5) is 23.0. The minimum absolute atomic E-state index is 0.0411. The van der Waals surface area contributed by atoms with E-state index in [1.54, 1.807) is 0 Å². The smallest absolute Gasteiger partial charge is 0.335 e. The molecule has 20 heavy (non-hydrogen) atoms. The summed E-state index contributed by atoms with van der Waals surface area (Å²) < 4.78 is 4.71. The molecule has 0 bridgehead atoms. The fourth-order valence-electron chi connectivity index (χ4n) is 2.02. The van der Waals surface area contributed by atoms with Crippen LogP contribution < -0.4 is 10.9 Å². The van der Waals surface area contributed by atoms with Gasteiger partial charge in [-0.15, -0.1) is 0 Å². The molecular formula is C16H17NO3. The monoisotopic (exact) mass is 271 g/mol. The van der Waals surface area contributed by atoms with Gasteiger partial charge in [0.25, 0.3) is 5.91 Å². The van der Waals surface area contributed by atoms with Crippen molar-refractivity contribution in [3.05, 3.63) is 70.3 Å². The Morgan fingerprint density at radius 1 is 1.20 bits per heavy atom. The zero-order chi connectivity index (χ0) is 14.4. The van der Waals surface area contributed by atoms with Gasteiger partial charge in [-0.3, -0.25) is 4.79 Å². The molecule has 0 saturated heterocycles. The molecule has 1 aromatic heterocycles. The lowest BCUT2D eigenvalue weighted by Crippen LogP contribution is -2.28. The average molecular weight is 271 g/mol. The van der Waals surface area contributed by atoms with E-state index in [2.05, 4.69) is 12.2 Å². The van der Waals surface area contributed by atoms with Crippen LogP contribution in [0.5, 0.6) is 0 Å². The van der Waals surface area contributed by atoms with E-state index in [9.17, 15) is 9.59 Å². The summed E-state index contributed by atoms with van der Waals surface area (Å²) in [5.41, 5.74) is 0.955. The third-order valence-corrected chi connectivity index (χ3v) is 3.05. The topological polar surface area (TPSA) is 59.3 Å². The van der Waals surface area contributed by atoms with E-state index >= 15 is 0 Å². The molecule has 1 N–H and O–H groups in total. The van der Waals surface area contributed by atoms with Crippen LogP contribution in [0, 0.1) is 0 Å². The Balaban J connectivity index is 2.14. The van der Waals surface area contributed by atoms with Crippen molar-refractivity contribution in [2.45, 2.75) is 25.8 Å². The summed E-state index contributed by atoms with van der Waals surface area (Å²) in [7, 11) is 0. The third-order valence-electron chi connectivity index (χ3n) is 3.05. The van der Waals surface area contributed by atoms with Gasteiger partial charge in [0.2, 0.25) is 0 Å². The van der Waals surface area contributed by atoms with Gasteiger partial charge in [-0.2, -0.15) is 0 Å². The number of hydrogen-bond acceptors (Lipinski definition) is 3. The van der Waals surface area contributed by atoms with E-state index in [0.29, 0.717) is 5.56 Å². The fourth-order valence-corrected chi connectivity index (χ4v) is 2.02. The van der Waals surface area contributed by atoms with Crippen LogP contribution in [0.2, 0.25) is 0 Å². The number of benzene rings is 1. The summed E-state index contributed by atoms with van der Waals surface area (Å²) in [6.07, 6.45) is 3.00. The molecule has 0 radical (unpaired) electrons. The van der Waals surface area contributed by atoms with Crippen LogP contribution in [-0.2, 0) is 0 Å². The van der Waals surface area contributed by atoms with Crippen molar-refractivity contribution in [3.63, 3.8) is 0 Å². The molecule has 2 aromatic rings. The number of carbonyl (C=O) groups is 1. The molecule has 1 atom stereocenters. The van der Waals surface area contributed by atoms with Gasteiger partial charge in [0.15, 0.2) is 0 Å². The quantitative estimate of drug-likeness (QED) is 0.909. The molecule has 0 saturated carbocycles. The molecule has 4 nitrogen and oxygen atoms in total. The maximum atomic E-state index is 12.1. The molecule has 1 aromatic carbocycles.